The molecule has 0 saturated heterocycles. The fraction of sp³-hybridized carbons (Fsp3) is 0.750. The lowest BCUT2D eigenvalue weighted by molar-refractivity contribution is 0.311. The Hall–Kier alpha value is -0.500. The number of hydrogen-bond donors (Lipinski definition) is 1. The maximum absolute atomic E-state index is 3.29. The molecule has 1 unspecified atom stereocenters. The van der Waals surface area contributed by atoms with Crippen LogP contribution in [0.25, 0.3) is 0 Å². The van der Waals surface area contributed by atoms with Crippen molar-refractivity contribution in [2.24, 2.45) is 5.92 Å². The Bertz CT molecular complexity index is 138. The van der Waals surface area contributed by atoms with Crippen LogP contribution in [0.2, 0.25) is 0 Å². The maximum atomic E-state index is 3.29. The summed E-state index contributed by atoms with van der Waals surface area (Å²) in [7, 11) is 4.04. The lowest BCUT2D eigenvalue weighted by Crippen LogP contribution is -2.30. The maximum Gasteiger partial charge on any atom is 0.0252 e. The molecule has 1 atom stereocenters. The Labute approximate surface area is 62.9 Å². The molecular weight excluding hydrogens is 124 g/mol. The van der Waals surface area contributed by atoms with Gasteiger partial charge in [0.25, 0.3) is 0 Å². The van der Waals surface area contributed by atoms with Gasteiger partial charge in [0.05, 0.1) is 0 Å². The van der Waals surface area contributed by atoms with Crippen LogP contribution in [-0.2, 0) is 0 Å². The molecule has 0 bridgehead atoms. The molecule has 1 N–H and O–H groups in total. The average Bonchev–Trinajstić information content (AvgIpc) is 2.15. The predicted molar refractivity (Wildman–Crippen MR) is 43.3 cm³/mol. The zero-order chi connectivity index (χ0) is 7.56. The molecule has 58 valence electrons. The summed E-state index contributed by atoms with van der Waals surface area (Å²) >= 11 is 0. The summed E-state index contributed by atoms with van der Waals surface area (Å²) in [4.78, 5) is 0. The van der Waals surface area contributed by atoms with Crippen molar-refractivity contribution < 1.29 is 0 Å². The molecule has 1 aliphatic carbocycles. The van der Waals surface area contributed by atoms with Crippen LogP contribution < -0.4 is 5.43 Å². The number of hydrazine groups is 1. The van der Waals surface area contributed by atoms with E-state index >= 15 is 0 Å². The Kier molecular flexibility index (Phi) is 2.33. The third-order valence-corrected chi connectivity index (χ3v) is 1.85. The van der Waals surface area contributed by atoms with Crippen molar-refractivity contribution in [1.82, 2.24) is 10.4 Å². The smallest absolute Gasteiger partial charge is 0.0252 e. The molecule has 2 nitrogen and oxygen atoms in total. The Morgan fingerprint density at radius 1 is 1.60 bits per heavy atom. The minimum absolute atomic E-state index is 0.724. The van der Waals surface area contributed by atoms with E-state index in [2.05, 4.69) is 18.4 Å². The van der Waals surface area contributed by atoms with Crippen molar-refractivity contribution in [3.8, 4) is 0 Å². The van der Waals surface area contributed by atoms with Gasteiger partial charge in [-0.3, -0.25) is 0 Å². The van der Waals surface area contributed by atoms with E-state index < -0.39 is 0 Å². The highest BCUT2D eigenvalue weighted by Gasteiger charge is 2.13. The van der Waals surface area contributed by atoms with Crippen LogP contribution in [0, 0.1) is 5.92 Å². The van der Waals surface area contributed by atoms with Crippen molar-refractivity contribution in [2.45, 2.75) is 19.8 Å². The van der Waals surface area contributed by atoms with Gasteiger partial charge >= 0.3 is 0 Å². The summed E-state index contributed by atoms with van der Waals surface area (Å²) in [6.45, 7) is 2.26. The molecule has 0 aromatic carbocycles. The molecule has 0 fully saturated rings. The van der Waals surface area contributed by atoms with Crippen molar-refractivity contribution >= 4 is 0 Å². The number of allylic oxidation sites excluding steroid dienone is 2. The molecule has 2 heteroatoms. The van der Waals surface area contributed by atoms with Crippen LogP contribution in [-0.4, -0.2) is 19.1 Å². The van der Waals surface area contributed by atoms with Crippen molar-refractivity contribution in [2.75, 3.05) is 14.1 Å². The van der Waals surface area contributed by atoms with Crippen LogP contribution in [0.15, 0.2) is 11.8 Å². The molecule has 1 aliphatic rings. The van der Waals surface area contributed by atoms with Gasteiger partial charge in [-0.1, -0.05) is 13.0 Å². The highest BCUT2D eigenvalue weighted by molar-refractivity contribution is 5.08. The Morgan fingerprint density at radius 2 is 2.30 bits per heavy atom. The van der Waals surface area contributed by atoms with Gasteiger partial charge in [0.15, 0.2) is 0 Å². The molecule has 0 aliphatic heterocycles. The summed E-state index contributed by atoms with van der Waals surface area (Å²) in [5.41, 5.74) is 4.67. The topological polar surface area (TPSA) is 15.3 Å². The van der Waals surface area contributed by atoms with E-state index in [1.54, 1.807) is 0 Å². The van der Waals surface area contributed by atoms with Gasteiger partial charge in [0.2, 0.25) is 0 Å². The molecule has 0 aromatic rings. The summed E-state index contributed by atoms with van der Waals surface area (Å²) in [5.74, 6) is 0.724. The van der Waals surface area contributed by atoms with Gasteiger partial charge in [0, 0.05) is 19.8 Å². The molecule has 10 heavy (non-hydrogen) atoms. The molecule has 0 spiro atoms. The Balaban J connectivity index is 2.40. The van der Waals surface area contributed by atoms with E-state index in [1.807, 2.05) is 19.1 Å². The van der Waals surface area contributed by atoms with Crippen LogP contribution >= 0.6 is 0 Å². The van der Waals surface area contributed by atoms with Crippen LogP contribution in [0.3, 0.4) is 0 Å². The number of hydrogen-bond acceptors (Lipinski definition) is 2. The van der Waals surface area contributed by atoms with E-state index in [0.29, 0.717) is 0 Å². The number of nitrogens with one attached hydrogen (secondary N) is 1. The van der Waals surface area contributed by atoms with E-state index in [9.17, 15) is 0 Å². The standard InChI is InChI=1S/C8H16N2/c1-7-5-4-6-8(7)9-10(2)3/h6-7,9H,4-5H2,1-3H3. The number of rotatable bonds is 2. The first kappa shape index (κ1) is 7.61. The molecule has 1 rings (SSSR count). The first-order valence-electron chi connectivity index (χ1n) is 3.84. The van der Waals surface area contributed by atoms with Crippen LogP contribution in [0.1, 0.15) is 19.8 Å². The summed E-state index contributed by atoms with van der Waals surface area (Å²) in [6.07, 6.45) is 4.82. The average molecular weight is 140 g/mol. The third kappa shape index (κ3) is 1.74. The first-order valence-corrected chi connectivity index (χ1v) is 3.84. The highest BCUT2D eigenvalue weighted by Crippen LogP contribution is 2.22. The quantitative estimate of drug-likeness (QED) is 0.583. The second-order valence-corrected chi connectivity index (χ2v) is 3.14. The molecule has 0 heterocycles. The lowest BCUT2D eigenvalue weighted by Gasteiger charge is -2.17. The molecule has 0 amide bonds. The van der Waals surface area contributed by atoms with Gasteiger partial charge in [-0.25, -0.2) is 5.01 Å². The van der Waals surface area contributed by atoms with Crippen LogP contribution in [0.5, 0.6) is 0 Å². The minimum Gasteiger partial charge on any atom is -0.324 e. The minimum atomic E-state index is 0.724. The third-order valence-electron chi connectivity index (χ3n) is 1.85. The van der Waals surface area contributed by atoms with Crippen molar-refractivity contribution in [1.29, 1.82) is 0 Å². The van der Waals surface area contributed by atoms with Crippen molar-refractivity contribution in [3.63, 3.8) is 0 Å². The van der Waals surface area contributed by atoms with E-state index in [1.165, 1.54) is 18.5 Å². The largest absolute Gasteiger partial charge is 0.324 e. The normalized spacial score (nSPS) is 25.2. The van der Waals surface area contributed by atoms with Gasteiger partial charge in [0.1, 0.15) is 0 Å². The monoisotopic (exact) mass is 140 g/mol. The number of nitrogens with zero attached hydrogens (tertiary/aromatic N) is 1. The van der Waals surface area contributed by atoms with Gasteiger partial charge in [-0.2, -0.15) is 0 Å². The second-order valence-electron chi connectivity index (χ2n) is 3.14. The summed E-state index contributed by atoms with van der Waals surface area (Å²) < 4.78 is 0. The molecule has 0 aromatic heterocycles. The van der Waals surface area contributed by atoms with Gasteiger partial charge in [-0.05, 0) is 18.8 Å². The second kappa shape index (κ2) is 3.06. The van der Waals surface area contributed by atoms with Gasteiger partial charge < -0.3 is 5.43 Å². The van der Waals surface area contributed by atoms with E-state index in [-0.39, 0.29) is 0 Å². The SMILES string of the molecule is CC1CCC=C1NN(C)C. The van der Waals surface area contributed by atoms with Crippen molar-refractivity contribution in [3.05, 3.63) is 11.8 Å². The van der Waals surface area contributed by atoms with Gasteiger partial charge in [-0.15, -0.1) is 0 Å². The highest BCUT2D eigenvalue weighted by atomic mass is 15.5. The fourth-order valence-electron chi connectivity index (χ4n) is 1.26. The molecule has 0 radical (unpaired) electrons. The summed E-state index contributed by atoms with van der Waals surface area (Å²) in [6, 6.07) is 0. The molecule has 0 saturated carbocycles. The van der Waals surface area contributed by atoms with E-state index in [4.69, 9.17) is 0 Å². The van der Waals surface area contributed by atoms with E-state index in [0.717, 1.165) is 5.92 Å². The van der Waals surface area contributed by atoms with Crippen LogP contribution in [0.4, 0.5) is 0 Å². The lowest BCUT2D eigenvalue weighted by atomic mass is 10.1. The zero-order valence-corrected chi connectivity index (χ0v) is 7.02. The predicted octanol–water partition coefficient (Wildman–Crippen LogP) is 1.37. The fourth-order valence-corrected chi connectivity index (χ4v) is 1.26. The molecular formula is C8H16N2. The zero-order valence-electron chi connectivity index (χ0n) is 7.02. The first-order chi connectivity index (χ1) is 4.70. The summed E-state index contributed by atoms with van der Waals surface area (Å²) in [5, 5.41) is 1.99. The Morgan fingerprint density at radius 3 is 2.70 bits per heavy atom.